The first-order valence-electron chi connectivity index (χ1n) is 6.89. The highest BCUT2D eigenvalue weighted by atomic mass is 16.5. The fraction of sp³-hybridized carbons (Fsp3) is 0.438. The van der Waals surface area contributed by atoms with Crippen molar-refractivity contribution < 1.29 is 14.3 Å². The number of aryl methyl sites for hydroxylation is 1. The van der Waals surface area contributed by atoms with Crippen molar-refractivity contribution in [2.24, 2.45) is 10.9 Å². The van der Waals surface area contributed by atoms with E-state index in [4.69, 9.17) is 4.74 Å². The quantitative estimate of drug-likeness (QED) is 0.803. The Balaban J connectivity index is 2.49. The molecule has 1 unspecified atom stereocenters. The van der Waals surface area contributed by atoms with E-state index < -0.39 is 11.5 Å². The molecule has 1 aromatic carbocycles. The van der Waals surface area contributed by atoms with Crippen molar-refractivity contribution in [3.05, 3.63) is 29.3 Å². The second kappa shape index (κ2) is 5.31. The molecular formula is C16H20N2O3. The van der Waals surface area contributed by atoms with Gasteiger partial charge in [0.1, 0.15) is 5.54 Å². The normalized spacial score (nSPS) is 21.2. The van der Waals surface area contributed by atoms with E-state index in [-0.39, 0.29) is 11.8 Å². The summed E-state index contributed by atoms with van der Waals surface area (Å²) in [5.74, 6) is -0.532. The maximum Gasteiger partial charge on any atom is 0.339 e. The Morgan fingerprint density at radius 2 is 2.05 bits per heavy atom. The Bertz CT molecular complexity index is 622. The molecule has 0 N–H and O–H groups in total. The molecule has 5 heteroatoms. The predicted molar refractivity (Wildman–Crippen MR) is 81.7 cm³/mol. The number of hydrogen-bond donors (Lipinski definition) is 0. The number of esters is 1. The molecule has 1 aliphatic rings. The molecular weight excluding hydrogens is 268 g/mol. The van der Waals surface area contributed by atoms with Gasteiger partial charge in [-0.05, 0) is 37.5 Å². The molecule has 112 valence electrons. The number of aliphatic imine (C=N–C) groups is 1. The first-order chi connectivity index (χ1) is 9.81. The largest absolute Gasteiger partial charge is 0.465 e. The van der Waals surface area contributed by atoms with Crippen LogP contribution in [0.25, 0.3) is 0 Å². The van der Waals surface area contributed by atoms with Crippen LogP contribution in [0.1, 0.15) is 36.7 Å². The van der Waals surface area contributed by atoms with Crippen molar-refractivity contribution in [1.82, 2.24) is 0 Å². The van der Waals surface area contributed by atoms with Crippen LogP contribution >= 0.6 is 0 Å². The standard InChI is InChI=1S/C16H20N2O3/c1-10(2)16(4)15(20)18(9-17-16)13-8-11(3)6-7-12(13)14(19)21-5/h6-10H,1-5H3. The highest BCUT2D eigenvalue weighted by Crippen LogP contribution is 2.33. The van der Waals surface area contributed by atoms with Crippen LogP contribution in [0.4, 0.5) is 5.69 Å². The van der Waals surface area contributed by atoms with E-state index in [2.05, 4.69) is 4.99 Å². The third-order valence-electron chi connectivity index (χ3n) is 4.04. The summed E-state index contributed by atoms with van der Waals surface area (Å²) in [5.41, 5.74) is 1.03. The van der Waals surface area contributed by atoms with E-state index in [1.54, 1.807) is 12.1 Å². The lowest BCUT2D eigenvalue weighted by Gasteiger charge is -2.26. The minimum atomic E-state index is -0.795. The zero-order valence-electron chi connectivity index (χ0n) is 13.0. The van der Waals surface area contributed by atoms with Crippen molar-refractivity contribution in [1.29, 1.82) is 0 Å². The number of benzene rings is 1. The molecule has 0 aliphatic carbocycles. The Kier molecular flexibility index (Phi) is 3.85. The number of rotatable bonds is 3. The average molecular weight is 288 g/mol. The van der Waals surface area contributed by atoms with Crippen molar-refractivity contribution >= 4 is 23.9 Å². The number of nitrogens with zero attached hydrogens (tertiary/aromatic N) is 2. The summed E-state index contributed by atoms with van der Waals surface area (Å²) in [6.45, 7) is 7.63. The molecule has 1 aromatic rings. The van der Waals surface area contributed by atoms with E-state index >= 15 is 0 Å². The molecule has 1 aliphatic heterocycles. The van der Waals surface area contributed by atoms with Crippen LogP contribution in [-0.4, -0.2) is 30.9 Å². The fourth-order valence-electron chi connectivity index (χ4n) is 2.22. The minimum absolute atomic E-state index is 0.0673. The number of amides is 1. The Morgan fingerprint density at radius 3 is 2.57 bits per heavy atom. The van der Waals surface area contributed by atoms with Gasteiger partial charge in [-0.1, -0.05) is 19.9 Å². The van der Waals surface area contributed by atoms with Crippen LogP contribution in [0.15, 0.2) is 23.2 Å². The van der Waals surface area contributed by atoms with Gasteiger partial charge in [-0.2, -0.15) is 0 Å². The number of methoxy groups -OCH3 is 1. The summed E-state index contributed by atoms with van der Waals surface area (Å²) in [6, 6.07) is 5.28. The molecule has 0 fully saturated rings. The van der Waals surface area contributed by atoms with Crippen LogP contribution < -0.4 is 4.90 Å². The lowest BCUT2D eigenvalue weighted by molar-refractivity contribution is -0.122. The van der Waals surface area contributed by atoms with Gasteiger partial charge in [0.25, 0.3) is 5.91 Å². The number of anilines is 1. The second-order valence-corrected chi connectivity index (χ2v) is 5.73. The third kappa shape index (κ3) is 2.44. The first-order valence-corrected chi connectivity index (χ1v) is 6.89. The van der Waals surface area contributed by atoms with Crippen LogP contribution in [0.3, 0.4) is 0 Å². The van der Waals surface area contributed by atoms with Gasteiger partial charge in [0, 0.05) is 0 Å². The second-order valence-electron chi connectivity index (χ2n) is 5.73. The highest BCUT2D eigenvalue weighted by Gasteiger charge is 2.44. The van der Waals surface area contributed by atoms with Crippen LogP contribution in [0.2, 0.25) is 0 Å². The highest BCUT2D eigenvalue weighted by molar-refractivity contribution is 6.19. The Morgan fingerprint density at radius 1 is 1.38 bits per heavy atom. The van der Waals surface area contributed by atoms with Crippen molar-refractivity contribution in [3.63, 3.8) is 0 Å². The Hall–Kier alpha value is -2.17. The predicted octanol–water partition coefficient (Wildman–Crippen LogP) is 2.57. The summed E-state index contributed by atoms with van der Waals surface area (Å²) in [6.07, 6.45) is 1.50. The SMILES string of the molecule is COC(=O)c1ccc(C)cc1N1C=NC(C)(C(C)C)C1=O. The van der Waals surface area contributed by atoms with Gasteiger partial charge in [0.2, 0.25) is 0 Å². The van der Waals surface area contributed by atoms with Crippen molar-refractivity contribution in [2.45, 2.75) is 33.2 Å². The summed E-state index contributed by atoms with van der Waals surface area (Å²) in [5, 5.41) is 0. The van der Waals surface area contributed by atoms with Gasteiger partial charge in [-0.15, -0.1) is 0 Å². The molecule has 0 saturated heterocycles. The molecule has 0 radical (unpaired) electrons. The molecule has 0 aromatic heterocycles. The van der Waals surface area contributed by atoms with Gasteiger partial charge in [0.05, 0.1) is 24.7 Å². The maximum atomic E-state index is 12.7. The molecule has 1 atom stereocenters. The molecule has 0 bridgehead atoms. The van der Waals surface area contributed by atoms with E-state index in [0.29, 0.717) is 11.3 Å². The van der Waals surface area contributed by atoms with Gasteiger partial charge in [0.15, 0.2) is 0 Å². The first kappa shape index (κ1) is 15.2. The zero-order chi connectivity index (χ0) is 15.8. The lowest BCUT2D eigenvalue weighted by atomic mass is 9.88. The summed E-state index contributed by atoms with van der Waals surface area (Å²) in [7, 11) is 1.32. The molecule has 0 spiro atoms. The molecule has 5 nitrogen and oxygen atoms in total. The molecule has 1 amide bonds. The maximum absolute atomic E-state index is 12.7. The number of hydrogen-bond acceptors (Lipinski definition) is 4. The summed E-state index contributed by atoms with van der Waals surface area (Å²) < 4.78 is 4.79. The van der Waals surface area contributed by atoms with E-state index in [1.807, 2.05) is 33.8 Å². The van der Waals surface area contributed by atoms with Crippen molar-refractivity contribution in [2.75, 3.05) is 12.0 Å². The van der Waals surface area contributed by atoms with Gasteiger partial charge in [-0.3, -0.25) is 14.7 Å². The molecule has 1 heterocycles. The zero-order valence-corrected chi connectivity index (χ0v) is 13.0. The van der Waals surface area contributed by atoms with Crippen LogP contribution in [-0.2, 0) is 9.53 Å². The van der Waals surface area contributed by atoms with Crippen molar-refractivity contribution in [3.8, 4) is 0 Å². The smallest absolute Gasteiger partial charge is 0.339 e. The minimum Gasteiger partial charge on any atom is -0.465 e. The van der Waals surface area contributed by atoms with E-state index in [1.165, 1.54) is 18.3 Å². The van der Waals surface area contributed by atoms with E-state index in [0.717, 1.165) is 5.56 Å². The molecule has 0 saturated carbocycles. The third-order valence-corrected chi connectivity index (χ3v) is 4.04. The topological polar surface area (TPSA) is 59.0 Å². The van der Waals surface area contributed by atoms with Gasteiger partial charge >= 0.3 is 5.97 Å². The molecule has 2 rings (SSSR count). The van der Waals surface area contributed by atoms with E-state index in [9.17, 15) is 9.59 Å². The van der Waals surface area contributed by atoms with Gasteiger partial charge < -0.3 is 4.74 Å². The van der Waals surface area contributed by atoms with Gasteiger partial charge in [-0.25, -0.2) is 4.79 Å². The monoisotopic (exact) mass is 288 g/mol. The summed E-state index contributed by atoms with van der Waals surface area (Å²) in [4.78, 5) is 30.4. The summed E-state index contributed by atoms with van der Waals surface area (Å²) >= 11 is 0. The molecule has 21 heavy (non-hydrogen) atoms. The number of carbonyl (C=O) groups excluding carboxylic acids is 2. The lowest BCUT2D eigenvalue weighted by Crippen LogP contribution is -2.43. The Labute approximate surface area is 124 Å². The van der Waals surface area contributed by atoms with Crippen LogP contribution in [0, 0.1) is 12.8 Å². The fourth-order valence-corrected chi connectivity index (χ4v) is 2.22. The number of carbonyl (C=O) groups is 2. The average Bonchev–Trinajstić information content (AvgIpc) is 2.75. The number of ether oxygens (including phenoxy) is 1. The van der Waals surface area contributed by atoms with Crippen LogP contribution in [0.5, 0.6) is 0 Å².